The molecule has 0 nitrogen and oxygen atoms in total. The minimum Gasteiger partial charge on any atom is -0.0848 e. The van der Waals surface area contributed by atoms with Gasteiger partial charge in [0.2, 0.25) is 0 Å². The second-order valence-corrected chi connectivity index (χ2v) is 1.05. The van der Waals surface area contributed by atoms with Crippen LogP contribution < -0.4 is 0 Å². The van der Waals surface area contributed by atoms with Crippen molar-refractivity contribution in [1.82, 2.24) is 0 Å². The first kappa shape index (κ1) is 5.74. The highest BCUT2D eigenvalue weighted by Gasteiger charge is 1.61. The van der Waals surface area contributed by atoms with Gasteiger partial charge in [-0.15, -0.1) is 0 Å². The molecule has 6 heavy (non-hydrogen) atoms. The molecule has 2 radical (unpaired) electrons. The summed E-state index contributed by atoms with van der Waals surface area (Å²) in [6.45, 7) is 4.00. The lowest BCUT2D eigenvalue weighted by atomic mass is 10.4. The van der Waals surface area contributed by atoms with Gasteiger partial charge in [0.25, 0.3) is 0 Å². The molecule has 0 N–H and O–H groups in total. The van der Waals surface area contributed by atoms with Gasteiger partial charge in [0.1, 0.15) is 0 Å². The molecule has 0 aliphatic rings. The fourth-order valence-corrected chi connectivity index (χ4v) is 0.222. The molecule has 0 amide bonds. The third-order valence-corrected chi connectivity index (χ3v) is 0.496. The topological polar surface area (TPSA) is 0 Å². The molecule has 0 fully saturated rings. The maximum atomic E-state index is 2.00. The summed E-state index contributed by atoms with van der Waals surface area (Å²) < 4.78 is 0. The molecule has 0 saturated heterocycles. The molecule has 0 aliphatic carbocycles. The van der Waals surface area contributed by atoms with Crippen molar-refractivity contribution in [2.45, 2.75) is 13.8 Å². The lowest BCUT2D eigenvalue weighted by Gasteiger charge is -1.71. The summed E-state index contributed by atoms with van der Waals surface area (Å²) in [5, 5.41) is 0. The molecule has 0 bridgehead atoms. The molecule has 0 heterocycles. The van der Waals surface area contributed by atoms with E-state index < -0.39 is 0 Å². The van der Waals surface area contributed by atoms with Gasteiger partial charge in [-0.25, -0.2) is 0 Å². The van der Waals surface area contributed by atoms with Crippen molar-refractivity contribution in [3.05, 3.63) is 25.0 Å². The smallest absolute Gasteiger partial charge is 0.0201 e. The predicted molar refractivity (Wildman–Crippen MR) is 29.1 cm³/mol. The second kappa shape index (κ2) is 4.74. The summed E-state index contributed by atoms with van der Waals surface area (Å²) in [7, 11) is 0. The van der Waals surface area contributed by atoms with Crippen molar-refractivity contribution >= 4 is 0 Å². The van der Waals surface area contributed by atoms with Crippen LogP contribution in [0.15, 0.2) is 12.2 Å². The first-order chi connectivity index (χ1) is 2.91. The number of hydrogen-bond acceptors (Lipinski definition) is 0. The van der Waals surface area contributed by atoms with Crippen molar-refractivity contribution in [3.63, 3.8) is 0 Å². The van der Waals surface area contributed by atoms with Crippen LogP contribution in [0.4, 0.5) is 0 Å². The Morgan fingerprint density at radius 3 is 1.33 bits per heavy atom. The van der Waals surface area contributed by atoms with Crippen LogP contribution in [0.2, 0.25) is 0 Å². The standard InChI is InChI=1S/C6H10/c1-3-5-6-4-2/h3-6H,1-2H3/b6-5+. The van der Waals surface area contributed by atoms with Crippen molar-refractivity contribution in [1.29, 1.82) is 0 Å². The van der Waals surface area contributed by atoms with Crippen LogP contribution in [-0.2, 0) is 0 Å². The van der Waals surface area contributed by atoms with Gasteiger partial charge in [0.05, 0.1) is 0 Å². The van der Waals surface area contributed by atoms with E-state index in [-0.39, 0.29) is 0 Å². The Balaban J connectivity index is 2.73. The average Bonchev–Trinajstić information content (AvgIpc) is 1.61. The largest absolute Gasteiger partial charge is 0.0848 e. The molecule has 0 heteroatoms. The van der Waals surface area contributed by atoms with Crippen molar-refractivity contribution in [3.8, 4) is 0 Å². The summed E-state index contributed by atoms with van der Waals surface area (Å²) in [5.74, 6) is 0. The highest BCUT2D eigenvalue weighted by molar-refractivity contribution is 4.98. The zero-order chi connectivity index (χ0) is 4.83. The fourth-order valence-electron chi connectivity index (χ4n) is 0.222. The Bertz CT molecular complexity index is 29.3. The van der Waals surface area contributed by atoms with Gasteiger partial charge in [-0.2, -0.15) is 0 Å². The Labute approximate surface area is 39.9 Å². The van der Waals surface area contributed by atoms with E-state index in [9.17, 15) is 0 Å². The van der Waals surface area contributed by atoms with E-state index >= 15 is 0 Å². The molecule has 0 atom stereocenters. The van der Waals surface area contributed by atoms with E-state index in [1.807, 2.05) is 38.8 Å². The molecule has 34 valence electrons. The molecule has 0 aromatic heterocycles. The van der Waals surface area contributed by atoms with E-state index in [0.717, 1.165) is 0 Å². The molecule has 0 aliphatic heterocycles. The van der Waals surface area contributed by atoms with Crippen molar-refractivity contribution in [2.75, 3.05) is 0 Å². The van der Waals surface area contributed by atoms with Crippen molar-refractivity contribution in [2.24, 2.45) is 0 Å². The average molecular weight is 82.1 g/mol. The summed E-state index contributed by atoms with van der Waals surface area (Å²) in [5.41, 5.74) is 0. The van der Waals surface area contributed by atoms with Crippen LogP contribution in [0.3, 0.4) is 0 Å². The molecular formula is C6H10. The zero-order valence-corrected chi connectivity index (χ0v) is 4.31. The number of hydrogen-bond donors (Lipinski definition) is 0. The molecule has 0 saturated carbocycles. The lowest BCUT2D eigenvalue weighted by Crippen LogP contribution is -1.53. The molecule has 0 spiro atoms. The zero-order valence-electron chi connectivity index (χ0n) is 4.31. The quantitative estimate of drug-likeness (QED) is 0.478. The normalized spacial score (nSPS) is 10.3. The second-order valence-electron chi connectivity index (χ2n) is 1.05. The molecular weight excluding hydrogens is 72.1 g/mol. The van der Waals surface area contributed by atoms with Crippen LogP contribution in [-0.4, -0.2) is 0 Å². The first-order valence-corrected chi connectivity index (χ1v) is 2.15. The number of allylic oxidation sites excluding steroid dienone is 2. The van der Waals surface area contributed by atoms with Gasteiger partial charge in [-0.3, -0.25) is 0 Å². The van der Waals surface area contributed by atoms with E-state index in [1.54, 1.807) is 0 Å². The van der Waals surface area contributed by atoms with Gasteiger partial charge >= 0.3 is 0 Å². The van der Waals surface area contributed by atoms with Gasteiger partial charge in [0, 0.05) is 0 Å². The van der Waals surface area contributed by atoms with Gasteiger partial charge in [-0.1, -0.05) is 26.0 Å². The Morgan fingerprint density at radius 1 is 0.833 bits per heavy atom. The maximum absolute atomic E-state index is 2.00. The third kappa shape index (κ3) is 3.74. The first-order valence-electron chi connectivity index (χ1n) is 2.15. The number of rotatable bonds is 2. The summed E-state index contributed by atoms with van der Waals surface area (Å²) in [4.78, 5) is 0. The van der Waals surface area contributed by atoms with Crippen LogP contribution in [0.1, 0.15) is 13.8 Å². The SMILES string of the molecule is C[CH]/C=C/[CH]C. The Kier molecular flexibility index (Phi) is 4.53. The highest BCUT2D eigenvalue weighted by atomic mass is 13.7. The van der Waals surface area contributed by atoms with Crippen LogP contribution in [0.5, 0.6) is 0 Å². The molecule has 0 aromatic carbocycles. The van der Waals surface area contributed by atoms with Gasteiger partial charge in [0.15, 0.2) is 0 Å². The summed E-state index contributed by atoms with van der Waals surface area (Å²) >= 11 is 0. The van der Waals surface area contributed by atoms with E-state index in [2.05, 4.69) is 0 Å². The van der Waals surface area contributed by atoms with Gasteiger partial charge < -0.3 is 0 Å². The van der Waals surface area contributed by atoms with Gasteiger partial charge in [-0.05, 0) is 12.8 Å². The summed E-state index contributed by atoms with van der Waals surface area (Å²) in [6, 6.07) is 0. The third-order valence-electron chi connectivity index (χ3n) is 0.496. The Hall–Kier alpha value is -0.260. The van der Waals surface area contributed by atoms with E-state index in [0.29, 0.717) is 0 Å². The lowest BCUT2D eigenvalue weighted by molar-refractivity contribution is 1.49. The maximum Gasteiger partial charge on any atom is -0.0201 e. The van der Waals surface area contributed by atoms with Crippen LogP contribution in [0, 0.1) is 12.8 Å². The minimum atomic E-state index is 2.00. The van der Waals surface area contributed by atoms with Crippen LogP contribution in [0.25, 0.3) is 0 Å². The molecule has 0 unspecified atom stereocenters. The Morgan fingerprint density at radius 2 is 1.17 bits per heavy atom. The predicted octanol–water partition coefficient (Wildman–Crippen LogP) is 1.99. The summed E-state index contributed by atoms with van der Waals surface area (Å²) in [6.07, 6.45) is 8.00. The molecule has 0 aromatic rings. The van der Waals surface area contributed by atoms with Crippen LogP contribution >= 0.6 is 0 Å². The van der Waals surface area contributed by atoms with E-state index in [4.69, 9.17) is 0 Å². The van der Waals surface area contributed by atoms with E-state index in [1.165, 1.54) is 0 Å². The fraction of sp³-hybridized carbons (Fsp3) is 0.333. The minimum absolute atomic E-state index is 2.00. The highest BCUT2D eigenvalue weighted by Crippen LogP contribution is 1.78. The monoisotopic (exact) mass is 82.1 g/mol. The molecule has 0 rings (SSSR count). The van der Waals surface area contributed by atoms with Crippen molar-refractivity contribution < 1.29 is 0 Å².